The Morgan fingerprint density at radius 2 is 1.86 bits per heavy atom. The lowest BCUT2D eigenvalue weighted by Crippen LogP contribution is -2.18. The molecule has 29 heavy (non-hydrogen) atoms. The molecule has 4 aromatic rings. The van der Waals surface area contributed by atoms with Crippen molar-refractivity contribution in [3.8, 4) is 11.6 Å². The molecule has 0 saturated carbocycles. The number of carbonyl (C=O) groups excluding carboxylic acids is 1. The first-order chi connectivity index (χ1) is 14.0. The number of fused-ring (bicyclic) bond motifs is 1. The minimum absolute atomic E-state index is 0.0744. The average Bonchev–Trinajstić information content (AvgIpc) is 3.03. The van der Waals surface area contributed by atoms with E-state index in [1.54, 1.807) is 48.9 Å². The summed E-state index contributed by atoms with van der Waals surface area (Å²) in [5.41, 5.74) is 1.68. The van der Waals surface area contributed by atoms with Crippen molar-refractivity contribution in [3.63, 3.8) is 0 Å². The van der Waals surface area contributed by atoms with Crippen LogP contribution in [0.4, 0.5) is 16.0 Å². The summed E-state index contributed by atoms with van der Waals surface area (Å²) in [6, 6.07) is 12.7. The molecule has 2 aromatic carbocycles. The Bertz CT molecular complexity index is 1210. The molecule has 4 rings (SSSR count). The van der Waals surface area contributed by atoms with E-state index < -0.39 is 5.82 Å². The lowest BCUT2D eigenvalue weighted by Gasteiger charge is -2.17. The molecule has 0 aliphatic heterocycles. The number of ether oxygens (including phenoxy) is 1. The Morgan fingerprint density at radius 1 is 1.10 bits per heavy atom. The van der Waals surface area contributed by atoms with Gasteiger partial charge in [-0.1, -0.05) is 11.6 Å². The zero-order chi connectivity index (χ0) is 20.5. The summed E-state index contributed by atoms with van der Waals surface area (Å²) in [4.78, 5) is 26.1. The van der Waals surface area contributed by atoms with E-state index >= 15 is 0 Å². The number of nitrogens with zero attached hydrogens (tertiary/aromatic N) is 5. The van der Waals surface area contributed by atoms with Crippen LogP contribution in [0.25, 0.3) is 16.9 Å². The van der Waals surface area contributed by atoms with Gasteiger partial charge in [0.1, 0.15) is 28.4 Å². The van der Waals surface area contributed by atoms with Gasteiger partial charge in [0.25, 0.3) is 0 Å². The second-order valence-electron chi connectivity index (χ2n) is 6.15. The molecule has 0 unspecified atom stereocenters. The van der Waals surface area contributed by atoms with E-state index in [0.717, 1.165) is 0 Å². The molecule has 0 bridgehead atoms. The summed E-state index contributed by atoms with van der Waals surface area (Å²) in [6.07, 6.45) is 0.593. The van der Waals surface area contributed by atoms with Crippen LogP contribution in [0.5, 0.6) is 5.75 Å². The Balaban J connectivity index is 1.85. The first-order valence-electron chi connectivity index (χ1n) is 8.58. The molecular weight excluding hydrogens is 397 g/mol. The standard InChI is InChI=1S/C20H15ClFN5O2/c1-12-23-16-8-3-13(22)9-17(16)27(12)19-10-18(21)24-20(25-19)26(11-28)14-4-6-15(29-2)7-5-14/h3-11H,1-2H3. The van der Waals surface area contributed by atoms with Crippen molar-refractivity contribution in [3.05, 3.63) is 65.3 Å². The van der Waals surface area contributed by atoms with Crippen LogP contribution in [0.2, 0.25) is 5.15 Å². The molecule has 0 fully saturated rings. The van der Waals surface area contributed by atoms with Gasteiger partial charge in [-0.25, -0.2) is 14.4 Å². The van der Waals surface area contributed by atoms with Crippen LogP contribution in [-0.4, -0.2) is 33.0 Å². The predicted octanol–water partition coefficient (Wildman–Crippen LogP) is 4.22. The maximum atomic E-state index is 13.8. The van der Waals surface area contributed by atoms with E-state index in [2.05, 4.69) is 15.0 Å². The number of aryl methyl sites for hydroxylation is 1. The number of rotatable bonds is 5. The highest BCUT2D eigenvalue weighted by Gasteiger charge is 2.17. The second kappa shape index (κ2) is 7.48. The van der Waals surface area contributed by atoms with Gasteiger partial charge in [0.15, 0.2) is 0 Å². The fourth-order valence-corrected chi connectivity index (χ4v) is 3.21. The average molecular weight is 412 g/mol. The van der Waals surface area contributed by atoms with Gasteiger partial charge in [-0.3, -0.25) is 14.3 Å². The molecule has 0 aliphatic rings. The van der Waals surface area contributed by atoms with Gasteiger partial charge in [-0.2, -0.15) is 4.98 Å². The van der Waals surface area contributed by atoms with E-state index in [1.807, 2.05) is 0 Å². The third-order valence-corrected chi connectivity index (χ3v) is 4.55. The maximum Gasteiger partial charge on any atom is 0.240 e. The zero-order valence-electron chi connectivity index (χ0n) is 15.5. The zero-order valence-corrected chi connectivity index (χ0v) is 16.3. The quantitative estimate of drug-likeness (QED) is 0.363. The second-order valence-corrected chi connectivity index (χ2v) is 6.54. The monoisotopic (exact) mass is 411 g/mol. The van der Waals surface area contributed by atoms with Crippen LogP contribution in [0.3, 0.4) is 0 Å². The van der Waals surface area contributed by atoms with E-state index in [1.165, 1.54) is 23.1 Å². The third kappa shape index (κ3) is 3.50. The summed E-state index contributed by atoms with van der Waals surface area (Å²) >= 11 is 6.22. The lowest BCUT2D eigenvalue weighted by molar-refractivity contribution is -0.106. The molecule has 2 heterocycles. The summed E-state index contributed by atoms with van der Waals surface area (Å²) in [5, 5.41) is 0.128. The number of hydrogen-bond donors (Lipinski definition) is 0. The number of methoxy groups -OCH3 is 1. The highest BCUT2D eigenvalue weighted by atomic mass is 35.5. The Morgan fingerprint density at radius 3 is 2.55 bits per heavy atom. The molecular formula is C20H15ClFN5O2. The number of carbonyl (C=O) groups is 1. The number of amides is 1. The van der Waals surface area contributed by atoms with Crippen molar-refractivity contribution >= 4 is 40.7 Å². The molecule has 9 heteroatoms. The molecule has 0 aliphatic carbocycles. The SMILES string of the molecule is COc1ccc(N(C=O)c2nc(Cl)cc(-n3c(C)nc4ccc(F)cc43)n2)cc1. The molecule has 1 amide bonds. The smallest absolute Gasteiger partial charge is 0.240 e. The van der Waals surface area contributed by atoms with Gasteiger partial charge < -0.3 is 4.74 Å². The van der Waals surface area contributed by atoms with Crippen LogP contribution in [-0.2, 0) is 4.79 Å². The van der Waals surface area contributed by atoms with Gasteiger partial charge in [0, 0.05) is 12.1 Å². The topological polar surface area (TPSA) is 73.1 Å². The van der Waals surface area contributed by atoms with Gasteiger partial charge in [0.2, 0.25) is 12.4 Å². The Labute approximate surface area is 170 Å². The van der Waals surface area contributed by atoms with Gasteiger partial charge in [-0.15, -0.1) is 0 Å². The minimum Gasteiger partial charge on any atom is -0.497 e. The van der Waals surface area contributed by atoms with Crippen LogP contribution >= 0.6 is 11.6 Å². The van der Waals surface area contributed by atoms with Crippen molar-refractivity contribution in [2.24, 2.45) is 0 Å². The summed E-state index contributed by atoms with van der Waals surface area (Å²) in [6.45, 7) is 1.77. The molecule has 0 atom stereocenters. The van der Waals surface area contributed by atoms with Crippen molar-refractivity contribution in [1.82, 2.24) is 19.5 Å². The molecule has 0 radical (unpaired) electrons. The molecule has 0 saturated heterocycles. The number of aromatic nitrogens is 4. The molecule has 7 nitrogen and oxygen atoms in total. The van der Waals surface area contributed by atoms with E-state index in [-0.39, 0.29) is 11.1 Å². The normalized spacial score (nSPS) is 10.9. The van der Waals surface area contributed by atoms with E-state index in [4.69, 9.17) is 16.3 Å². The highest BCUT2D eigenvalue weighted by molar-refractivity contribution is 6.29. The molecule has 146 valence electrons. The summed E-state index contributed by atoms with van der Waals surface area (Å²) < 4.78 is 20.6. The van der Waals surface area contributed by atoms with Crippen molar-refractivity contribution in [2.45, 2.75) is 6.92 Å². The van der Waals surface area contributed by atoms with Crippen LogP contribution in [0, 0.1) is 12.7 Å². The molecule has 0 N–H and O–H groups in total. The van der Waals surface area contributed by atoms with Crippen molar-refractivity contribution < 1.29 is 13.9 Å². The van der Waals surface area contributed by atoms with Crippen LogP contribution < -0.4 is 9.64 Å². The van der Waals surface area contributed by atoms with Crippen LogP contribution in [0.1, 0.15) is 5.82 Å². The van der Waals surface area contributed by atoms with Crippen LogP contribution in [0.15, 0.2) is 48.5 Å². The fourth-order valence-electron chi connectivity index (χ4n) is 3.04. The summed E-state index contributed by atoms with van der Waals surface area (Å²) in [5.74, 6) is 1.28. The fraction of sp³-hybridized carbons (Fsp3) is 0.100. The van der Waals surface area contributed by atoms with Crippen molar-refractivity contribution in [2.75, 3.05) is 12.0 Å². The van der Waals surface area contributed by atoms with E-state index in [9.17, 15) is 9.18 Å². The van der Waals surface area contributed by atoms with Gasteiger partial charge in [-0.05, 0) is 43.3 Å². The molecule has 0 spiro atoms. The Hall–Kier alpha value is -3.52. The number of anilines is 2. The largest absolute Gasteiger partial charge is 0.497 e. The number of imidazole rings is 1. The number of hydrogen-bond acceptors (Lipinski definition) is 5. The minimum atomic E-state index is -0.397. The first kappa shape index (κ1) is 18.8. The maximum absolute atomic E-state index is 13.8. The van der Waals surface area contributed by atoms with Crippen molar-refractivity contribution in [1.29, 1.82) is 0 Å². The predicted molar refractivity (Wildman–Crippen MR) is 108 cm³/mol. The van der Waals surface area contributed by atoms with E-state index in [0.29, 0.717) is 40.5 Å². The van der Waals surface area contributed by atoms with Gasteiger partial charge >= 0.3 is 0 Å². The first-order valence-corrected chi connectivity index (χ1v) is 8.96. The summed E-state index contributed by atoms with van der Waals surface area (Å²) in [7, 11) is 1.56. The Kier molecular flexibility index (Phi) is 4.85. The lowest BCUT2D eigenvalue weighted by atomic mass is 10.3. The highest BCUT2D eigenvalue weighted by Crippen LogP contribution is 2.27. The number of halogens is 2. The van der Waals surface area contributed by atoms with Gasteiger partial charge in [0.05, 0.1) is 23.8 Å². The molecule has 2 aromatic heterocycles. The number of benzene rings is 2. The third-order valence-electron chi connectivity index (χ3n) is 4.35.